The van der Waals surface area contributed by atoms with Gasteiger partial charge in [0.25, 0.3) is 0 Å². The Labute approximate surface area is 270 Å². The summed E-state index contributed by atoms with van der Waals surface area (Å²) in [6, 6.07) is 19.1. The van der Waals surface area contributed by atoms with Crippen LogP contribution in [0.1, 0.15) is 23.6 Å². The van der Waals surface area contributed by atoms with Crippen molar-refractivity contribution in [3.8, 4) is 0 Å². The van der Waals surface area contributed by atoms with E-state index >= 15 is 0 Å². The fourth-order valence-electron chi connectivity index (χ4n) is 5.61. The summed E-state index contributed by atoms with van der Waals surface area (Å²) < 4.78 is 0. The lowest BCUT2D eigenvalue weighted by Crippen LogP contribution is -2.60. The van der Waals surface area contributed by atoms with Crippen LogP contribution in [0, 0.1) is 0 Å². The SMILES string of the molecule is CC(O)C(NC(=O)C(Cc1c[nH]c2ccccc12)NC(=O)C(N)Cc1ccccc1)C(=O)NC(Cc1c[nH]c2ccccc12)C(=O)O. The second kappa shape index (κ2) is 14.8. The average molecular weight is 639 g/mol. The zero-order chi connectivity index (χ0) is 33.5. The van der Waals surface area contributed by atoms with Crippen LogP contribution in [0.2, 0.25) is 0 Å². The summed E-state index contributed by atoms with van der Waals surface area (Å²) >= 11 is 0. The molecule has 244 valence electrons. The van der Waals surface area contributed by atoms with E-state index in [2.05, 4.69) is 25.9 Å². The number of nitrogens with one attached hydrogen (secondary N) is 5. The minimum absolute atomic E-state index is 0.0376. The predicted octanol–water partition coefficient (Wildman–Crippen LogP) is 1.92. The molecule has 0 aliphatic heterocycles. The van der Waals surface area contributed by atoms with Crippen LogP contribution < -0.4 is 21.7 Å². The molecule has 2 heterocycles. The highest BCUT2D eigenvalue weighted by molar-refractivity contribution is 5.95. The van der Waals surface area contributed by atoms with E-state index in [4.69, 9.17) is 5.73 Å². The number of aromatic amines is 2. The standard InChI is InChI=1S/C35H38N6O6/c1-20(42)31(34(45)40-30(35(46)47)17-23-19-38-28-14-8-6-12-25(23)28)41-33(44)29(16-22-18-37-27-13-7-5-11-24(22)27)39-32(43)26(36)15-21-9-3-2-4-10-21/h2-14,18-20,26,29-31,37-38,42H,15-17,36H2,1H3,(H,39,43)(H,40,45)(H,41,44)(H,46,47). The van der Waals surface area contributed by atoms with Crippen LogP contribution in [-0.2, 0) is 38.4 Å². The van der Waals surface area contributed by atoms with E-state index in [1.807, 2.05) is 78.9 Å². The number of carboxylic acid groups (broad SMARTS) is 1. The molecule has 12 nitrogen and oxygen atoms in total. The second-order valence-electron chi connectivity index (χ2n) is 11.6. The van der Waals surface area contributed by atoms with Crippen molar-refractivity contribution >= 4 is 45.5 Å². The van der Waals surface area contributed by atoms with Gasteiger partial charge in [-0.05, 0) is 42.2 Å². The van der Waals surface area contributed by atoms with Gasteiger partial charge in [-0.15, -0.1) is 0 Å². The summed E-state index contributed by atoms with van der Waals surface area (Å²) in [5, 5.41) is 29.9. The number of rotatable bonds is 14. The van der Waals surface area contributed by atoms with Gasteiger partial charge < -0.3 is 41.9 Å². The first-order chi connectivity index (χ1) is 22.6. The molecule has 3 amide bonds. The van der Waals surface area contributed by atoms with Gasteiger partial charge >= 0.3 is 5.97 Å². The fraction of sp³-hybridized carbons (Fsp3) is 0.257. The molecule has 0 saturated carbocycles. The molecule has 3 aromatic carbocycles. The molecule has 0 radical (unpaired) electrons. The van der Waals surface area contributed by atoms with Crippen molar-refractivity contribution in [2.45, 2.75) is 56.5 Å². The Morgan fingerprint density at radius 2 is 1.19 bits per heavy atom. The molecule has 0 fully saturated rings. The third kappa shape index (κ3) is 8.04. The second-order valence-corrected chi connectivity index (χ2v) is 11.6. The number of nitrogens with two attached hydrogens (primary N) is 1. The molecule has 9 N–H and O–H groups in total. The Morgan fingerprint density at radius 3 is 1.74 bits per heavy atom. The Bertz CT molecular complexity index is 1870. The Balaban J connectivity index is 1.33. The van der Waals surface area contributed by atoms with Gasteiger partial charge in [-0.2, -0.15) is 0 Å². The van der Waals surface area contributed by atoms with Crippen molar-refractivity contribution in [2.24, 2.45) is 5.73 Å². The number of aliphatic hydroxyl groups excluding tert-OH is 1. The third-order valence-electron chi connectivity index (χ3n) is 8.14. The topological polar surface area (TPSA) is 202 Å². The summed E-state index contributed by atoms with van der Waals surface area (Å²) in [5.74, 6) is -3.49. The van der Waals surface area contributed by atoms with Gasteiger partial charge in [0.2, 0.25) is 17.7 Å². The molecular formula is C35H38N6O6. The lowest BCUT2D eigenvalue weighted by Gasteiger charge is -2.26. The lowest BCUT2D eigenvalue weighted by molar-refractivity contribution is -0.143. The van der Waals surface area contributed by atoms with Crippen LogP contribution in [0.25, 0.3) is 21.8 Å². The molecule has 2 aromatic heterocycles. The largest absolute Gasteiger partial charge is 0.480 e. The van der Waals surface area contributed by atoms with Crippen molar-refractivity contribution in [2.75, 3.05) is 0 Å². The van der Waals surface area contributed by atoms with Gasteiger partial charge in [0.15, 0.2) is 0 Å². The number of para-hydroxylation sites is 2. The normalized spacial score (nSPS) is 14.5. The lowest BCUT2D eigenvalue weighted by atomic mass is 10.0. The molecule has 12 heteroatoms. The number of aliphatic hydroxyl groups is 1. The van der Waals surface area contributed by atoms with Crippen LogP contribution in [0.4, 0.5) is 0 Å². The first kappa shape index (κ1) is 32.9. The number of H-pyrrole nitrogens is 2. The maximum Gasteiger partial charge on any atom is 0.326 e. The summed E-state index contributed by atoms with van der Waals surface area (Å²) in [6.45, 7) is 1.31. The van der Waals surface area contributed by atoms with Gasteiger partial charge in [-0.3, -0.25) is 14.4 Å². The van der Waals surface area contributed by atoms with E-state index in [0.717, 1.165) is 32.9 Å². The number of aliphatic carboxylic acids is 1. The van der Waals surface area contributed by atoms with Crippen LogP contribution in [0.3, 0.4) is 0 Å². The number of carbonyl (C=O) groups is 4. The Kier molecular flexibility index (Phi) is 10.3. The van der Waals surface area contributed by atoms with Gasteiger partial charge in [-0.1, -0.05) is 66.7 Å². The highest BCUT2D eigenvalue weighted by atomic mass is 16.4. The van der Waals surface area contributed by atoms with Crippen molar-refractivity contribution in [1.29, 1.82) is 0 Å². The zero-order valence-corrected chi connectivity index (χ0v) is 25.8. The number of carbonyl (C=O) groups excluding carboxylic acids is 3. The van der Waals surface area contributed by atoms with Crippen LogP contribution in [0.15, 0.2) is 91.3 Å². The smallest absolute Gasteiger partial charge is 0.326 e. The minimum Gasteiger partial charge on any atom is -0.480 e. The van der Waals surface area contributed by atoms with E-state index < -0.39 is 54.0 Å². The first-order valence-electron chi connectivity index (χ1n) is 15.3. The van der Waals surface area contributed by atoms with Crippen LogP contribution in [0.5, 0.6) is 0 Å². The molecule has 5 atom stereocenters. The molecular weight excluding hydrogens is 600 g/mol. The van der Waals surface area contributed by atoms with Crippen molar-refractivity contribution in [1.82, 2.24) is 25.9 Å². The monoisotopic (exact) mass is 638 g/mol. The fourth-order valence-corrected chi connectivity index (χ4v) is 5.61. The molecule has 0 aliphatic carbocycles. The number of aromatic nitrogens is 2. The average Bonchev–Trinajstić information content (AvgIpc) is 3.67. The van der Waals surface area contributed by atoms with E-state index in [1.165, 1.54) is 6.92 Å². The summed E-state index contributed by atoms with van der Waals surface area (Å²) in [5.41, 5.74) is 10.1. The quantitative estimate of drug-likeness (QED) is 0.0907. The summed E-state index contributed by atoms with van der Waals surface area (Å²) in [7, 11) is 0. The Morgan fingerprint density at radius 1 is 0.681 bits per heavy atom. The first-order valence-corrected chi connectivity index (χ1v) is 15.3. The zero-order valence-electron chi connectivity index (χ0n) is 25.8. The van der Waals surface area contributed by atoms with E-state index in [1.54, 1.807) is 12.4 Å². The number of benzene rings is 3. The molecule has 0 spiro atoms. The maximum absolute atomic E-state index is 13.8. The van der Waals surface area contributed by atoms with E-state index in [0.29, 0.717) is 5.56 Å². The third-order valence-corrected chi connectivity index (χ3v) is 8.14. The molecule has 5 aromatic rings. The van der Waals surface area contributed by atoms with Crippen molar-refractivity contribution in [3.63, 3.8) is 0 Å². The number of carboxylic acids is 1. The highest BCUT2D eigenvalue weighted by Gasteiger charge is 2.33. The van der Waals surface area contributed by atoms with Crippen molar-refractivity contribution < 1.29 is 29.4 Å². The molecule has 47 heavy (non-hydrogen) atoms. The molecule has 5 unspecified atom stereocenters. The number of fused-ring (bicyclic) bond motifs is 2. The van der Waals surface area contributed by atoms with Gasteiger partial charge in [-0.25, -0.2) is 4.79 Å². The summed E-state index contributed by atoms with van der Waals surface area (Å²) in [4.78, 5) is 58.8. The van der Waals surface area contributed by atoms with Gasteiger partial charge in [0, 0.05) is 47.0 Å². The van der Waals surface area contributed by atoms with E-state index in [-0.39, 0.29) is 19.3 Å². The molecule has 0 saturated heterocycles. The number of amides is 3. The molecule has 5 rings (SSSR count). The maximum atomic E-state index is 13.8. The highest BCUT2D eigenvalue weighted by Crippen LogP contribution is 2.21. The van der Waals surface area contributed by atoms with Crippen molar-refractivity contribution in [3.05, 3.63) is 108 Å². The van der Waals surface area contributed by atoms with Gasteiger partial charge in [0.1, 0.15) is 18.1 Å². The van der Waals surface area contributed by atoms with E-state index in [9.17, 15) is 29.4 Å². The summed E-state index contributed by atoms with van der Waals surface area (Å²) in [6.07, 6.45) is 2.27. The minimum atomic E-state index is -1.52. The predicted molar refractivity (Wildman–Crippen MR) is 177 cm³/mol. The number of hydrogen-bond donors (Lipinski definition) is 8. The molecule has 0 bridgehead atoms. The van der Waals surface area contributed by atoms with Gasteiger partial charge in [0.05, 0.1) is 12.1 Å². The Hall–Kier alpha value is -5.46. The number of hydrogen-bond acceptors (Lipinski definition) is 6. The van der Waals surface area contributed by atoms with Crippen LogP contribution in [-0.4, -0.2) is 74.1 Å². The van der Waals surface area contributed by atoms with Crippen LogP contribution >= 0.6 is 0 Å². The molecule has 0 aliphatic rings.